The van der Waals surface area contributed by atoms with Crippen LogP contribution in [0.2, 0.25) is 0 Å². The Kier molecular flexibility index (Phi) is 6.02. The maximum absolute atomic E-state index is 11.6. The van der Waals surface area contributed by atoms with Gasteiger partial charge in [0.15, 0.2) is 0 Å². The lowest BCUT2D eigenvalue weighted by Gasteiger charge is -2.19. The van der Waals surface area contributed by atoms with Gasteiger partial charge in [-0.05, 0) is 32.4 Å². The van der Waals surface area contributed by atoms with E-state index in [1.54, 1.807) is 39.0 Å². The molecule has 3 N–H and O–H groups in total. The van der Waals surface area contributed by atoms with Crippen molar-refractivity contribution in [1.29, 1.82) is 0 Å². The number of nitrogen functional groups attached to an aromatic ring is 1. The number of para-hydroxylation sites is 1. The van der Waals surface area contributed by atoms with Crippen LogP contribution in [0, 0.1) is 0 Å². The third-order valence-corrected chi connectivity index (χ3v) is 2.42. The van der Waals surface area contributed by atoms with Crippen LogP contribution in [0.4, 0.5) is 10.5 Å². The number of carbonyl (C=O) groups excluding carboxylic acids is 2. The van der Waals surface area contributed by atoms with Gasteiger partial charge in [0.25, 0.3) is 0 Å². The lowest BCUT2D eigenvalue weighted by atomic mass is 10.1. The summed E-state index contributed by atoms with van der Waals surface area (Å²) < 4.78 is 10.1. The lowest BCUT2D eigenvalue weighted by Crippen LogP contribution is -2.34. The summed E-state index contributed by atoms with van der Waals surface area (Å²) in [5.41, 5.74) is 6.47. The summed E-state index contributed by atoms with van der Waals surface area (Å²) >= 11 is 0. The molecule has 0 saturated heterocycles. The average molecular weight is 294 g/mol. The van der Waals surface area contributed by atoms with E-state index in [2.05, 4.69) is 5.32 Å². The highest BCUT2D eigenvalue weighted by atomic mass is 16.6. The smallest absolute Gasteiger partial charge is 0.407 e. The fourth-order valence-electron chi connectivity index (χ4n) is 1.53. The third kappa shape index (κ3) is 7.20. The van der Waals surface area contributed by atoms with E-state index in [0.29, 0.717) is 5.69 Å². The minimum Gasteiger partial charge on any atom is -0.464 e. The quantitative estimate of drug-likeness (QED) is 0.491. The first-order valence-electron chi connectivity index (χ1n) is 6.74. The third-order valence-electron chi connectivity index (χ3n) is 2.42. The van der Waals surface area contributed by atoms with E-state index in [9.17, 15) is 9.59 Å². The molecule has 1 amide bonds. The maximum Gasteiger partial charge on any atom is 0.407 e. The summed E-state index contributed by atoms with van der Waals surface area (Å²) in [6.07, 6.45) is -0.426. The van der Waals surface area contributed by atoms with Crippen LogP contribution in [0.25, 0.3) is 0 Å². The average Bonchev–Trinajstić information content (AvgIpc) is 2.35. The van der Waals surface area contributed by atoms with E-state index in [0.717, 1.165) is 5.56 Å². The van der Waals surface area contributed by atoms with Gasteiger partial charge in [-0.15, -0.1) is 0 Å². The SMILES string of the molecule is CC(C)(C)OC(=O)NCCOC(=O)Cc1ccccc1N. The van der Waals surface area contributed by atoms with Gasteiger partial charge in [0.2, 0.25) is 0 Å². The highest BCUT2D eigenvalue weighted by molar-refractivity contribution is 5.74. The van der Waals surface area contributed by atoms with E-state index < -0.39 is 11.7 Å². The number of nitrogens with one attached hydrogen (secondary N) is 1. The predicted molar refractivity (Wildman–Crippen MR) is 79.8 cm³/mol. The molecular weight excluding hydrogens is 272 g/mol. The normalized spacial score (nSPS) is 10.8. The van der Waals surface area contributed by atoms with Crippen LogP contribution in [-0.4, -0.2) is 30.8 Å². The van der Waals surface area contributed by atoms with E-state index in [1.807, 2.05) is 6.07 Å². The van der Waals surface area contributed by atoms with Crippen LogP contribution in [0.15, 0.2) is 24.3 Å². The van der Waals surface area contributed by atoms with Crippen LogP contribution in [-0.2, 0) is 20.7 Å². The molecule has 116 valence electrons. The molecule has 0 unspecified atom stereocenters. The summed E-state index contributed by atoms with van der Waals surface area (Å²) in [6.45, 7) is 5.61. The summed E-state index contributed by atoms with van der Waals surface area (Å²) in [7, 11) is 0. The molecule has 0 radical (unpaired) electrons. The van der Waals surface area contributed by atoms with Crippen molar-refractivity contribution in [2.24, 2.45) is 0 Å². The van der Waals surface area contributed by atoms with Gasteiger partial charge >= 0.3 is 12.1 Å². The monoisotopic (exact) mass is 294 g/mol. The first-order chi connectivity index (χ1) is 9.78. The Bertz CT molecular complexity index is 495. The van der Waals surface area contributed by atoms with Gasteiger partial charge in [-0.3, -0.25) is 4.79 Å². The van der Waals surface area contributed by atoms with Crippen molar-refractivity contribution in [2.45, 2.75) is 32.8 Å². The molecule has 0 fully saturated rings. The molecular formula is C15H22N2O4. The Balaban J connectivity index is 2.23. The van der Waals surface area contributed by atoms with Crippen molar-refractivity contribution in [3.8, 4) is 0 Å². The minimum absolute atomic E-state index is 0.0881. The van der Waals surface area contributed by atoms with Crippen LogP contribution >= 0.6 is 0 Å². The molecule has 0 atom stereocenters. The number of rotatable bonds is 5. The van der Waals surface area contributed by atoms with Gasteiger partial charge in [-0.2, -0.15) is 0 Å². The molecule has 1 rings (SSSR count). The first kappa shape index (κ1) is 16.8. The molecule has 0 heterocycles. The molecule has 0 spiro atoms. The van der Waals surface area contributed by atoms with Crippen molar-refractivity contribution >= 4 is 17.7 Å². The molecule has 1 aromatic carbocycles. The number of benzene rings is 1. The zero-order chi connectivity index (χ0) is 15.9. The van der Waals surface area contributed by atoms with Crippen molar-refractivity contribution in [2.75, 3.05) is 18.9 Å². The number of nitrogens with two attached hydrogens (primary N) is 1. The van der Waals surface area contributed by atoms with E-state index in [1.165, 1.54) is 0 Å². The number of hydrogen-bond acceptors (Lipinski definition) is 5. The van der Waals surface area contributed by atoms with E-state index >= 15 is 0 Å². The van der Waals surface area contributed by atoms with Gasteiger partial charge in [0.05, 0.1) is 13.0 Å². The summed E-state index contributed by atoms with van der Waals surface area (Å²) in [4.78, 5) is 23.0. The molecule has 6 nitrogen and oxygen atoms in total. The van der Waals surface area contributed by atoms with Gasteiger partial charge < -0.3 is 20.5 Å². The zero-order valence-electron chi connectivity index (χ0n) is 12.6. The fraction of sp³-hybridized carbons (Fsp3) is 0.467. The molecule has 0 aromatic heterocycles. The maximum atomic E-state index is 11.6. The molecule has 0 saturated carbocycles. The van der Waals surface area contributed by atoms with E-state index in [-0.39, 0.29) is 25.5 Å². The van der Waals surface area contributed by atoms with Crippen LogP contribution < -0.4 is 11.1 Å². The number of anilines is 1. The predicted octanol–water partition coefficient (Wildman–Crippen LogP) is 1.88. The summed E-state index contributed by atoms with van der Waals surface area (Å²) in [5.74, 6) is -0.390. The Hall–Kier alpha value is -2.24. The van der Waals surface area contributed by atoms with Crippen molar-refractivity contribution < 1.29 is 19.1 Å². The van der Waals surface area contributed by atoms with Crippen molar-refractivity contribution in [1.82, 2.24) is 5.32 Å². The van der Waals surface area contributed by atoms with Gasteiger partial charge in [0, 0.05) is 5.69 Å². The lowest BCUT2D eigenvalue weighted by molar-refractivity contribution is -0.142. The highest BCUT2D eigenvalue weighted by Crippen LogP contribution is 2.11. The second kappa shape index (κ2) is 7.52. The molecule has 0 aliphatic carbocycles. The Morgan fingerprint density at radius 1 is 1.24 bits per heavy atom. The molecule has 0 aliphatic rings. The minimum atomic E-state index is -0.550. The first-order valence-corrected chi connectivity index (χ1v) is 6.74. The Morgan fingerprint density at radius 3 is 2.52 bits per heavy atom. The number of ether oxygens (including phenoxy) is 2. The number of hydrogen-bond donors (Lipinski definition) is 2. The van der Waals surface area contributed by atoms with Crippen molar-refractivity contribution in [3.63, 3.8) is 0 Å². The number of esters is 1. The second-order valence-electron chi connectivity index (χ2n) is 5.52. The van der Waals surface area contributed by atoms with Gasteiger partial charge in [-0.1, -0.05) is 18.2 Å². The largest absolute Gasteiger partial charge is 0.464 e. The summed E-state index contributed by atoms with van der Waals surface area (Å²) in [6, 6.07) is 7.11. The van der Waals surface area contributed by atoms with Crippen LogP contribution in [0.1, 0.15) is 26.3 Å². The van der Waals surface area contributed by atoms with Gasteiger partial charge in [0.1, 0.15) is 12.2 Å². The molecule has 21 heavy (non-hydrogen) atoms. The number of carbonyl (C=O) groups is 2. The van der Waals surface area contributed by atoms with E-state index in [4.69, 9.17) is 15.2 Å². The second-order valence-corrected chi connectivity index (χ2v) is 5.52. The number of alkyl carbamates (subject to hydrolysis) is 1. The van der Waals surface area contributed by atoms with Crippen LogP contribution in [0.3, 0.4) is 0 Å². The van der Waals surface area contributed by atoms with Gasteiger partial charge in [-0.25, -0.2) is 4.79 Å². The topological polar surface area (TPSA) is 90.6 Å². The van der Waals surface area contributed by atoms with Crippen molar-refractivity contribution in [3.05, 3.63) is 29.8 Å². The standard InChI is InChI=1S/C15H22N2O4/c1-15(2,3)21-14(19)17-8-9-20-13(18)10-11-6-4-5-7-12(11)16/h4-7H,8-10,16H2,1-3H3,(H,17,19). The Morgan fingerprint density at radius 2 is 1.90 bits per heavy atom. The summed E-state index contributed by atoms with van der Waals surface area (Å²) in [5, 5.41) is 2.51. The fourth-order valence-corrected chi connectivity index (χ4v) is 1.53. The Labute approximate surface area is 124 Å². The van der Waals surface area contributed by atoms with Crippen LogP contribution in [0.5, 0.6) is 0 Å². The zero-order valence-corrected chi connectivity index (χ0v) is 12.6. The number of amides is 1. The molecule has 0 aliphatic heterocycles. The molecule has 6 heteroatoms. The molecule has 0 bridgehead atoms. The highest BCUT2D eigenvalue weighted by Gasteiger charge is 2.15. The molecule has 1 aromatic rings.